The minimum atomic E-state index is 0.671. The van der Waals surface area contributed by atoms with Crippen LogP contribution in [0.1, 0.15) is 50.2 Å². The smallest absolute Gasteiger partial charge is 0.0190 e. The summed E-state index contributed by atoms with van der Waals surface area (Å²) in [6, 6.07) is 8.90. The van der Waals surface area contributed by atoms with E-state index in [1.165, 1.54) is 29.5 Å². The zero-order valence-corrected chi connectivity index (χ0v) is 10.2. The van der Waals surface area contributed by atoms with E-state index < -0.39 is 0 Å². The molecule has 0 heterocycles. The Bertz CT molecular complexity index is 305. The van der Waals surface area contributed by atoms with Gasteiger partial charge in [-0.05, 0) is 44.6 Å². The Morgan fingerprint density at radius 1 is 1.27 bits per heavy atom. The Balaban J connectivity index is 2.43. The molecule has 1 rings (SSSR count). The average molecular weight is 202 g/mol. The molecule has 1 aromatic rings. The Morgan fingerprint density at radius 2 is 1.87 bits per heavy atom. The molecule has 0 amide bonds. The maximum Gasteiger partial charge on any atom is -0.0190 e. The topological polar surface area (TPSA) is 0 Å². The van der Waals surface area contributed by atoms with Crippen LogP contribution in [0.3, 0.4) is 0 Å². The second kappa shape index (κ2) is 5.75. The van der Waals surface area contributed by atoms with Crippen LogP contribution in [0.25, 0.3) is 0 Å². The summed E-state index contributed by atoms with van der Waals surface area (Å²) in [7, 11) is 0. The molecule has 0 saturated carbocycles. The van der Waals surface area contributed by atoms with Crippen molar-refractivity contribution in [3.8, 4) is 0 Å². The lowest BCUT2D eigenvalue weighted by Crippen LogP contribution is -1.93. The first kappa shape index (κ1) is 12.0. The quantitative estimate of drug-likeness (QED) is 0.599. The molecular weight excluding hydrogens is 180 g/mol. The second-order valence-corrected chi connectivity index (χ2v) is 4.66. The molecule has 0 aromatic heterocycles. The highest BCUT2D eigenvalue weighted by Gasteiger charge is 2.04. The van der Waals surface area contributed by atoms with E-state index in [0.29, 0.717) is 5.92 Å². The van der Waals surface area contributed by atoms with Gasteiger partial charge in [0.15, 0.2) is 0 Å². The van der Waals surface area contributed by atoms with Gasteiger partial charge in [-0.3, -0.25) is 0 Å². The highest BCUT2D eigenvalue weighted by Crippen LogP contribution is 2.22. The van der Waals surface area contributed by atoms with E-state index in [9.17, 15) is 0 Å². The first-order chi connectivity index (χ1) is 7.09. The van der Waals surface area contributed by atoms with Crippen molar-refractivity contribution in [1.82, 2.24) is 0 Å². The predicted octanol–water partition coefficient (Wildman–Crippen LogP) is 4.84. The molecule has 0 radical (unpaired) electrons. The fourth-order valence-corrected chi connectivity index (χ4v) is 1.77. The Hall–Kier alpha value is -1.04. The summed E-state index contributed by atoms with van der Waals surface area (Å²) in [5, 5.41) is 0. The summed E-state index contributed by atoms with van der Waals surface area (Å²) in [5.74, 6) is 0.671. The first-order valence-electron chi connectivity index (χ1n) is 5.80. The van der Waals surface area contributed by atoms with Gasteiger partial charge in [0.2, 0.25) is 0 Å². The van der Waals surface area contributed by atoms with Crippen LogP contribution in [-0.4, -0.2) is 0 Å². The molecule has 0 spiro atoms. The molecule has 1 unspecified atom stereocenters. The number of hydrogen-bond donors (Lipinski definition) is 0. The van der Waals surface area contributed by atoms with Gasteiger partial charge < -0.3 is 0 Å². The summed E-state index contributed by atoms with van der Waals surface area (Å²) < 4.78 is 0. The lowest BCUT2D eigenvalue weighted by Gasteiger charge is -2.11. The van der Waals surface area contributed by atoms with Crippen molar-refractivity contribution in [2.24, 2.45) is 0 Å². The molecule has 1 aromatic carbocycles. The van der Waals surface area contributed by atoms with E-state index in [1.807, 2.05) is 0 Å². The summed E-state index contributed by atoms with van der Waals surface area (Å²) >= 11 is 0. The second-order valence-electron chi connectivity index (χ2n) is 4.66. The van der Waals surface area contributed by atoms with Crippen LogP contribution in [0.2, 0.25) is 0 Å². The third-order valence-electron chi connectivity index (χ3n) is 2.89. The van der Waals surface area contributed by atoms with Crippen LogP contribution in [-0.2, 0) is 0 Å². The Labute approximate surface area is 94.0 Å². The van der Waals surface area contributed by atoms with E-state index in [4.69, 9.17) is 0 Å². The SMILES string of the molecule is C=C(C)CCCC(C)c1ccc(C)cc1. The zero-order chi connectivity index (χ0) is 11.3. The van der Waals surface area contributed by atoms with Gasteiger partial charge >= 0.3 is 0 Å². The van der Waals surface area contributed by atoms with Crippen LogP contribution >= 0.6 is 0 Å². The molecule has 15 heavy (non-hydrogen) atoms. The van der Waals surface area contributed by atoms with E-state index in [1.54, 1.807) is 0 Å². The maximum atomic E-state index is 3.94. The van der Waals surface area contributed by atoms with Crippen molar-refractivity contribution < 1.29 is 0 Å². The number of hydrogen-bond acceptors (Lipinski definition) is 0. The third kappa shape index (κ3) is 4.33. The van der Waals surface area contributed by atoms with Crippen LogP contribution in [0.15, 0.2) is 36.4 Å². The average Bonchev–Trinajstić information content (AvgIpc) is 2.18. The van der Waals surface area contributed by atoms with E-state index >= 15 is 0 Å². The third-order valence-corrected chi connectivity index (χ3v) is 2.89. The molecule has 0 fully saturated rings. The predicted molar refractivity (Wildman–Crippen MR) is 68.3 cm³/mol. The van der Waals surface area contributed by atoms with Crippen LogP contribution in [0.4, 0.5) is 0 Å². The summed E-state index contributed by atoms with van der Waals surface area (Å²) in [4.78, 5) is 0. The number of aryl methyl sites for hydroxylation is 1. The van der Waals surface area contributed by atoms with E-state index in [0.717, 1.165) is 6.42 Å². The minimum absolute atomic E-state index is 0.671. The number of rotatable bonds is 5. The van der Waals surface area contributed by atoms with Crippen LogP contribution in [0.5, 0.6) is 0 Å². The number of allylic oxidation sites excluding steroid dienone is 1. The first-order valence-corrected chi connectivity index (χ1v) is 5.80. The molecule has 0 N–H and O–H groups in total. The van der Waals surface area contributed by atoms with Crippen LogP contribution < -0.4 is 0 Å². The zero-order valence-electron chi connectivity index (χ0n) is 10.2. The highest BCUT2D eigenvalue weighted by atomic mass is 14.1. The van der Waals surface area contributed by atoms with Crippen molar-refractivity contribution in [2.45, 2.75) is 46.0 Å². The van der Waals surface area contributed by atoms with Crippen molar-refractivity contribution in [3.05, 3.63) is 47.5 Å². The van der Waals surface area contributed by atoms with Crippen molar-refractivity contribution in [3.63, 3.8) is 0 Å². The maximum absolute atomic E-state index is 3.94. The molecule has 0 aliphatic rings. The molecule has 82 valence electrons. The minimum Gasteiger partial charge on any atom is -0.100 e. The lowest BCUT2D eigenvalue weighted by atomic mass is 9.94. The summed E-state index contributed by atoms with van der Waals surface area (Å²) in [5.41, 5.74) is 4.10. The van der Waals surface area contributed by atoms with Gasteiger partial charge in [-0.1, -0.05) is 42.3 Å². The van der Waals surface area contributed by atoms with Crippen molar-refractivity contribution in [1.29, 1.82) is 0 Å². The van der Waals surface area contributed by atoms with Crippen molar-refractivity contribution in [2.75, 3.05) is 0 Å². The van der Waals surface area contributed by atoms with Gasteiger partial charge in [0, 0.05) is 0 Å². The molecule has 0 saturated heterocycles. The van der Waals surface area contributed by atoms with Crippen molar-refractivity contribution >= 4 is 0 Å². The fourth-order valence-electron chi connectivity index (χ4n) is 1.77. The van der Waals surface area contributed by atoms with Gasteiger partial charge in [0.25, 0.3) is 0 Å². The molecule has 0 nitrogen and oxygen atoms in total. The fraction of sp³-hybridized carbons (Fsp3) is 0.467. The lowest BCUT2D eigenvalue weighted by molar-refractivity contribution is 0.632. The van der Waals surface area contributed by atoms with Gasteiger partial charge in [-0.15, -0.1) is 6.58 Å². The monoisotopic (exact) mass is 202 g/mol. The number of benzene rings is 1. The molecular formula is C15H22. The van der Waals surface area contributed by atoms with Crippen LogP contribution in [0, 0.1) is 6.92 Å². The van der Waals surface area contributed by atoms with Gasteiger partial charge in [0.05, 0.1) is 0 Å². The highest BCUT2D eigenvalue weighted by molar-refractivity contribution is 5.23. The summed E-state index contributed by atoms with van der Waals surface area (Å²) in [6.45, 7) is 10.5. The van der Waals surface area contributed by atoms with Gasteiger partial charge in [-0.25, -0.2) is 0 Å². The largest absolute Gasteiger partial charge is 0.100 e. The Morgan fingerprint density at radius 3 is 2.40 bits per heavy atom. The molecule has 0 bridgehead atoms. The molecule has 1 atom stereocenters. The summed E-state index contributed by atoms with van der Waals surface area (Å²) in [6.07, 6.45) is 3.68. The Kier molecular flexibility index (Phi) is 4.61. The van der Waals surface area contributed by atoms with E-state index in [2.05, 4.69) is 51.6 Å². The molecule has 0 aliphatic carbocycles. The van der Waals surface area contributed by atoms with Gasteiger partial charge in [-0.2, -0.15) is 0 Å². The van der Waals surface area contributed by atoms with E-state index in [-0.39, 0.29) is 0 Å². The molecule has 0 heteroatoms. The standard InChI is InChI=1S/C15H22/c1-12(2)6-5-7-14(4)15-10-8-13(3)9-11-15/h8-11,14H,1,5-7H2,2-4H3. The normalized spacial score (nSPS) is 12.5. The van der Waals surface area contributed by atoms with Gasteiger partial charge in [0.1, 0.15) is 0 Å². The molecule has 0 aliphatic heterocycles.